The minimum absolute atomic E-state index is 0. The van der Waals surface area contributed by atoms with Gasteiger partial charge in [-0.25, -0.2) is 0 Å². The van der Waals surface area contributed by atoms with E-state index in [1.54, 1.807) is 0 Å². The molecular formula is C13H12ClN3S. The van der Waals surface area contributed by atoms with Crippen molar-refractivity contribution in [1.29, 1.82) is 0 Å². The largest absolute Gasteiger partial charge is 0.326 e. The first-order valence-corrected chi connectivity index (χ1v) is 6.12. The van der Waals surface area contributed by atoms with Gasteiger partial charge in [0.05, 0.1) is 11.7 Å². The summed E-state index contributed by atoms with van der Waals surface area (Å²) in [6.45, 7) is 0.572. The van der Waals surface area contributed by atoms with Crippen molar-refractivity contribution < 1.29 is 0 Å². The van der Waals surface area contributed by atoms with Crippen LogP contribution < -0.4 is 5.73 Å². The third-order valence-corrected chi connectivity index (χ3v) is 3.33. The molecule has 0 aliphatic heterocycles. The molecule has 0 fully saturated rings. The van der Waals surface area contributed by atoms with Crippen molar-refractivity contribution in [3.8, 4) is 11.1 Å². The molecule has 3 rings (SSSR count). The molecule has 0 aliphatic rings. The zero-order valence-electron chi connectivity index (χ0n) is 9.54. The molecule has 0 spiro atoms. The molecule has 0 aliphatic carbocycles. The lowest BCUT2D eigenvalue weighted by Crippen LogP contribution is -1.95. The lowest BCUT2D eigenvalue weighted by molar-refractivity contribution is 1.07. The molecule has 0 bridgehead atoms. The minimum Gasteiger partial charge on any atom is -0.326 e. The van der Waals surface area contributed by atoms with Crippen molar-refractivity contribution in [2.75, 3.05) is 0 Å². The van der Waals surface area contributed by atoms with Crippen molar-refractivity contribution in [3.05, 3.63) is 48.0 Å². The van der Waals surface area contributed by atoms with Gasteiger partial charge in [-0.1, -0.05) is 36.4 Å². The summed E-state index contributed by atoms with van der Waals surface area (Å²) in [5, 5.41) is 0. The van der Waals surface area contributed by atoms with Crippen LogP contribution in [0.15, 0.2) is 42.5 Å². The molecule has 0 radical (unpaired) electrons. The van der Waals surface area contributed by atoms with Crippen LogP contribution in [0.1, 0.15) is 5.56 Å². The minimum atomic E-state index is 0. The smallest absolute Gasteiger partial charge is 0.112 e. The number of rotatable bonds is 2. The zero-order chi connectivity index (χ0) is 11.7. The monoisotopic (exact) mass is 277 g/mol. The Hall–Kier alpha value is -1.49. The fraction of sp³-hybridized carbons (Fsp3) is 0.0769. The first kappa shape index (κ1) is 13.0. The van der Waals surface area contributed by atoms with E-state index in [4.69, 9.17) is 5.73 Å². The standard InChI is InChI=1S/C13H11N3S.ClH/c14-8-9-4-6-10(7-5-9)11-2-1-3-12-13(11)16-17-15-12;/h1-7H,8,14H2;1H. The Morgan fingerprint density at radius 1 is 1.00 bits per heavy atom. The van der Waals surface area contributed by atoms with Gasteiger partial charge in [0.25, 0.3) is 0 Å². The van der Waals surface area contributed by atoms with Crippen LogP contribution in [0.2, 0.25) is 0 Å². The topological polar surface area (TPSA) is 51.8 Å². The van der Waals surface area contributed by atoms with Crippen LogP contribution in [0.25, 0.3) is 22.2 Å². The van der Waals surface area contributed by atoms with E-state index in [0.717, 1.165) is 27.7 Å². The molecule has 0 saturated heterocycles. The highest BCUT2D eigenvalue weighted by Gasteiger charge is 2.06. The van der Waals surface area contributed by atoms with Gasteiger partial charge in [-0.05, 0) is 17.2 Å². The van der Waals surface area contributed by atoms with Crippen LogP contribution in [0.3, 0.4) is 0 Å². The Bertz CT molecular complexity index is 649. The average Bonchev–Trinajstić information content (AvgIpc) is 2.87. The summed E-state index contributed by atoms with van der Waals surface area (Å²) < 4.78 is 8.59. The molecule has 18 heavy (non-hydrogen) atoms. The number of halogens is 1. The van der Waals surface area contributed by atoms with E-state index in [1.807, 2.05) is 24.3 Å². The van der Waals surface area contributed by atoms with Gasteiger partial charge >= 0.3 is 0 Å². The normalized spacial score (nSPS) is 10.3. The molecular weight excluding hydrogens is 266 g/mol. The summed E-state index contributed by atoms with van der Waals surface area (Å²) in [4.78, 5) is 0. The van der Waals surface area contributed by atoms with Gasteiger partial charge in [0.1, 0.15) is 11.0 Å². The van der Waals surface area contributed by atoms with Crippen molar-refractivity contribution in [2.45, 2.75) is 6.54 Å². The first-order chi connectivity index (χ1) is 8.38. The second-order valence-corrected chi connectivity index (χ2v) is 4.37. The van der Waals surface area contributed by atoms with Crippen LogP contribution in [0, 0.1) is 0 Å². The van der Waals surface area contributed by atoms with Gasteiger partial charge in [-0.3, -0.25) is 0 Å². The highest BCUT2D eigenvalue weighted by atomic mass is 35.5. The summed E-state index contributed by atoms with van der Waals surface area (Å²) >= 11 is 1.25. The van der Waals surface area contributed by atoms with Gasteiger partial charge in [-0.15, -0.1) is 12.4 Å². The van der Waals surface area contributed by atoms with Crippen molar-refractivity contribution >= 4 is 35.2 Å². The molecule has 0 amide bonds. The Morgan fingerprint density at radius 3 is 2.50 bits per heavy atom. The summed E-state index contributed by atoms with van der Waals surface area (Å²) in [6, 6.07) is 14.3. The van der Waals surface area contributed by atoms with Crippen molar-refractivity contribution in [3.63, 3.8) is 0 Å². The molecule has 0 atom stereocenters. The second kappa shape index (κ2) is 5.44. The highest BCUT2D eigenvalue weighted by Crippen LogP contribution is 2.27. The number of nitrogens with two attached hydrogens (primary N) is 1. The molecule has 1 heterocycles. The highest BCUT2D eigenvalue weighted by molar-refractivity contribution is 7.00. The van der Waals surface area contributed by atoms with E-state index in [2.05, 4.69) is 26.9 Å². The van der Waals surface area contributed by atoms with E-state index in [1.165, 1.54) is 11.7 Å². The van der Waals surface area contributed by atoms with Gasteiger partial charge in [0.15, 0.2) is 0 Å². The third-order valence-electron chi connectivity index (χ3n) is 2.79. The van der Waals surface area contributed by atoms with Crippen molar-refractivity contribution in [1.82, 2.24) is 8.75 Å². The van der Waals surface area contributed by atoms with Crippen LogP contribution in [-0.4, -0.2) is 8.75 Å². The Balaban J connectivity index is 0.00000120. The molecule has 2 N–H and O–H groups in total. The maximum Gasteiger partial charge on any atom is 0.112 e. The molecule has 0 unspecified atom stereocenters. The fourth-order valence-corrected chi connectivity index (χ4v) is 2.41. The Kier molecular flexibility index (Phi) is 3.91. The first-order valence-electron chi connectivity index (χ1n) is 5.39. The van der Waals surface area contributed by atoms with Gasteiger partial charge < -0.3 is 5.73 Å². The molecule has 1 aromatic heterocycles. The number of fused-ring (bicyclic) bond motifs is 1. The van der Waals surface area contributed by atoms with Crippen molar-refractivity contribution in [2.24, 2.45) is 5.73 Å². The van der Waals surface area contributed by atoms with Crippen LogP contribution in [-0.2, 0) is 6.54 Å². The number of benzene rings is 2. The van der Waals surface area contributed by atoms with E-state index in [9.17, 15) is 0 Å². The number of nitrogens with zero attached hydrogens (tertiary/aromatic N) is 2. The number of hydrogen-bond acceptors (Lipinski definition) is 4. The van der Waals surface area contributed by atoms with Crippen LogP contribution >= 0.6 is 24.1 Å². The predicted molar refractivity (Wildman–Crippen MR) is 78.0 cm³/mol. The summed E-state index contributed by atoms with van der Waals surface area (Å²) in [5.41, 5.74) is 10.9. The van der Waals surface area contributed by atoms with Gasteiger partial charge in [-0.2, -0.15) is 8.75 Å². The predicted octanol–water partition coefficient (Wildman–Crippen LogP) is 3.24. The maximum atomic E-state index is 5.59. The Morgan fingerprint density at radius 2 is 1.78 bits per heavy atom. The zero-order valence-corrected chi connectivity index (χ0v) is 11.2. The molecule has 92 valence electrons. The molecule has 5 heteroatoms. The number of aromatic nitrogens is 2. The lowest BCUT2D eigenvalue weighted by Gasteiger charge is -2.03. The van der Waals surface area contributed by atoms with E-state index < -0.39 is 0 Å². The molecule has 3 aromatic rings. The Labute approximate surface area is 115 Å². The summed E-state index contributed by atoms with van der Waals surface area (Å²) in [6.07, 6.45) is 0. The number of hydrogen-bond donors (Lipinski definition) is 1. The lowest BCUT2D eigenvalue weighted by atomic mass is 10.0. The van der Waals surface area contributed by atoms with Crippen LogP contribution in [0.5, 0.6) is 0 Å². The fourth-order valence-electron chi connectivity index (χ4n) is 1.86. The summed E-state index contributed by atoms with van der Waals surface area (Å²) in [7, 11) is 0. The van der Waals surface area contributed by atoms with Crippen LogP contribution in [0.4, 0.5) is 0 Å². The maximum absolute atomic E-state index is 5.59. The van der Waals surface area contributed by atoms with E-state index >= 15 is 0 Å². The SMILES string of the molecule is Cl.NCc1ccc(-c2cccc3nsnc23)cc1. The van der Waals surface area contributed by atoms with Gasteiger partial charge in [0, 0.05) is 12.1 Å². The average molecular weight is 278 g/mol. The second-order valence-electron chi connectivity index (χ2n) is 3.84. The molecule has 3 nitrogen and oxygen atoms in total. The third kappa shape index (κ3) is 2.22. The quantitative estimate of drug-likeness (QED) is 0.782. The van der Waals surface area contributed by atoms with E-state index in [-0.39, 0.29) is 12.4 Å². The summed E-state index contributed by atoms with van der Waals surface area (Å²) in [5.74, 6) is 0. The molecule has 2 aromatic carbocycles. The van der Waals surface area contributed by atoms with Gasteiger partial charge in [0.2, 0.25) is 0 Å². The molecule has 0 saturated carbocycles. The van der Waals surface area contributed by atoms with E-state index in [0.29, 0.717) is 6.54 Å².